The van der Waals surface area contributed by atoms with Crippen LogP contribution in [0.5, 0.6) is 0 Å². The van der Waals surface area contributed by atoms with Crippen LogP contribution in [0.3, 0.4) is 0 Å². The summed E-state index contributed by atoms with van der Waals surface area (Å²) in [5, 5.41) is 13.0. The molecule has 0 aliphatic heterocycles. The Bertz CT molecular complexity index is 731. The maximum Gasteiger partial charge on any atom is 0.168 e. The molecule has 0 saturated heterocycles. The number of hydrogen-bond acceptors (Lipinski definition) is 5. The molecule has 0 spiro atoms. The molecule has 0 amide bonds. The van der Waals surface area contributed by atoms with E-state index in [1.165, 1.54) is 12.8 Å². The third kappa shape index (κ3) is 2.56. The summed E-state index contributed by atoms with van der Waals surface area (Å²) >= 11 is 1.68. The van der Waals surface area contributed by atoms with E-state index in [1.807, 2.05) is 36.5 Å². The number of benzene rings is 1. The van der Waals surface area contributed by atoms with Gasteiger partial charge in [0, 0.05) is 18.4 Å². The van der Waals surface area contributed by atoms with Crippen molar-refractivity contribution in [2.45, 2.75) is 29.8 Å². The van der Waals surface area contributed by atoms with Gasteiger partial charge in [0.05, 0.1) is 11.4 Å². The van der Waals surface area contributed by atoms with Crippen molar-refractivity contribution in [3.63, 3.8) is 0 Å². The lowest BCUT2D eigenvalue weighted by Crippen LogP contribution is -2.02. The van der Waals surface area contributed by atoms with Gasteiger partial charge in [0.1, 0.15) is 0 Å². The molecule has 1 aromatic carbocycles. The first kappa shape index (κ1) is 12.6. The average molecular weight is 298 g/mol. The molecule has 0 N–H and O–H groups in total. The van der Waals surface area contributed by atoms with E-state index in [0.29, 0.717) is 11.8 Å². The highest BCUT2D eigenvalue weighted by Crippen LogP contribution is 2.38. The zero-order valence-corrected chi connectivity index (χ0v) is 12.1. The minimum absolute atomic E-state index is 0.639. The Morgan fingerprint density at radius 2 is 2.05 bits per heavy atom. The number of thioether (sulfide) groups is 1. The number of nitrogens with zero attached hydrogens (tertiary/aromatic N) is 6. The summed E-state index contributed by atoms with van der Waals surface area (Å²) in [6, 6.07) is 10.6. The van der Waals surface area contributed by atoms with Gasteiger partial charge >= 0.3 is 0 Å². The van der Waals surface area contributed by atoms with Crippen LogP contribution in [0.2, 0.25) is 0 Å². The molecule has 0 unspecified atom stereocenters. The Hall–Kier alpha value is -2.15. The van der Waals surface area contributed by atoms with E-state index in [-0.39, 0.29) is 0 Å². The highest BCUT2D eigenvalue weighted by atomic mass is 32.2. The van der Waals surface area contributed by atoms with Gasteiger partial charge in [-0.15, -0.1) is 5.10 Å². The Morgan fingerprint density at radius 3 is 2.86 bits per heavy atom. The third-order valence-electron chi connectivity index (χ3n) is 3.44. The Morgan fingerprint density at radius 1 is 1.19 bits per heavy atom. The van der Waals surface area contributed by atoms with Crippen LogP contribution in [-0.4, -0.2) is 29.8 Å². The summed E-state index contributed by atoms with van der Waals surface area (Å²) in [6.45, 7) is 0. The normalized spacial score (nSPS) is 14.5. The second-order valence-electron chi connectivity index (χ2n) is 4.98. The molecule has 1 aliphatic carbocycles. The predicted molar refractivity (Wildman–Crippen MR) is 79.2 cm³/mol. The van der Waals surface area contributed by atoms with Gasteiger partial charge in [0.2, 0.25) is 0 Å². The summed E-state index contributed by atoms with van der Waals surface area (Å²) in [4.78, 5) is 4.43. The standard InChI is InChI=1S/C14H14N6S/c1-2-4-12(5-3-1)20-13(16-17-18-20)10-21-14-15-8-9-19(14)11-6-7-11/h1-5,8-9,11H,6-7,10H2. The largest absolute Gasteiger partial charge is 0.323 e. The SMILES string of the molecule is c1ccc(-n2nnnc2CSc2nccn2C2CC2)cc1. The van der Waals surface area contributed by atoms with E-state index < -0.39 is 0 Å². The smallest absolute Gasteiger partial charge is 0.168 e. The molecule has 1 aliphatic rings. The molecule has 0 bridgehead atoms. The lowest BCUT2D eigenvalue weighted by Gasteiger charge is -2.06. The van der Waals surface area contributed by atoms with Crippen LogP contribution >= 0.6 is 11.8 Å². The zero-order chi connectivity index (χ0) is 14.1. The third-order valence-corrected chi connectivity index (χ3v) is 4.42. The summed E-state index contributed by atoms with van der Waals surface area (Å²) in [7, 11) is 0. The fourth-order valence-corrected chi connectivity index (χ4v) is 3.17. The highest BCUT2D eigenvalue weighted by Gasteiger charge is 2.25. The Labute approximate surface area is 126 Å². The number of rotatable bonds is 5. The molecular weight excluding hydrogens is 284 g/mol. The molecule has 21 heavy (non-hydrogen) atoms. The van der Waals surface area contributed by atoms with Crippen LogP contribution < -0.4 is 0 Å². The molecule has 1 fully saturated rings. The number of imidazole rings is 1. The van der Waals surface area contributed by atoms with Gasteiger partial charge in [-0.2, -0.15) is 4.68 Å². The number of para-hydroxylation sites is 1. The molecule has 106 valence electrons. The first-order valence-electron chi connectivity index (χ1n) is 6.90. The van der Waals surface area contributed by atoms with E-state index in [9.17, 15) is 0 Å². The fourth-order valence-electron chi connectivity index (χ4n) is 2.24. The summed E-state index contributed by atoms with van der Waals surface area (Å²) in [6.07, 6.45) is 6.43. The average Bonchev–Trinajstić information content (AvgIpc) is 3.09. The van der Waals surface area contributed by atoms with Crippen LogP contribution in [0, 0.1) is 0 Å². The molecule has 3 aromatic rings. The predicted octanol–water partition coefficient (Wildman–Crippen LogP) is 2.49. The van der Waals surface area contributed by atoms with Crippen molar-refractivity contribution in [1.82, 2.24) is 29.8 Å². The molecule has 4 rings (SSSR count). The Balaban J connectivity index is 1.53. The molecule has 1 saturated carbocycles. The van der Waals surface area contributed by atoms with Crippen LogP contribution in [0.4, 0.5) is 0 Å². The Kier molecular flexibility index (Phi) is 3.19. The second kappa shape index (κ2) is 5.33. The van der Waals surface area contributed by atoms with Crippen molar-refractivity contribution in [2.75, 3.05) is 0 Å². The lowest BCUT2D eigenvalue weighted by atomic mass is 10.3. The quantitative estimate of drug-likeness (QED) is 0.677. The van der Waals surface area contributed by atoms with Crippen LogP contribution in [0.1, 0.15) is 24.7 Å². The van der Waals surface area contributed by atoms with Crippen molar-refractivity contribution in [2.24, 2.45) is 0 Å². The van der Waals surface area contributed by atoms with Gasteiger partial charge in [-0.25, -0.2) is 4.98 Å². The maximum atomic E-state index is 4.43. The molecule has 0 radical (unpaired) electrons. The van der Waals surface area contributed by atoms with Crippen molar-refractivity contribution in [3.05, 3.63) is 48.5 Å². The number of aromatic nitrogens is 6. The van der Waals surface area contributed by atoms with Gasteiger partial charge in [-0.1, -0.05) is 30.0 Å². The maximum absolute atomic E-state index is 4.43. The summed E-state index contributed by atoms with van der Waals surface area (Å²) < 4.78 is 4.03. The minimum atomic E-state index is 0.639. The second-order valence-corrected chi connectivity index (χ2v) is 5.92. The van der Waals surface area contributed by atoms with Gasteiger partial charge in [0.15, 0.2) is 11.0 Å². The molecule has 7 heteroatoms. The molecular formula is C14H14N6S. The lowest BCUT2D eigenvalue weighted by molar-refractivity contribution is 0.662. The van der Waals surface area contributed by atoms with E-state index in [0.717, 1.165) is 16.7 Å². The summed E-state index contributed by atoms with van der Waals surface area (Å²) in [5.74, 6) is 1.53. The van der Waals surface area contributed by atoms with Gasteiger partial charge in [-0.3, -0.25) is 0 Å². The first-order chi connectivity index (χ1) is 10.4. The zero-order valence-electron chi connectivity index (χ0n) is 11.3. The van der Waals surface area contributed by atoms with Gasteiger partial charge in [0.25, 0.3) is 0 Å². The molecule has 0 atom stereocenters. The summed E-state index contributed by atoms with van der Waals surface area (Å²) in [5.41, 5.74) is 0.976. The topological polar surface area (TPSA) is 61.4 Å². The van der Waals surface area contributed by atoms with Crippen LogP contribution in [0.15, 0.2) is 47.9 Å². The number of hydrogen-bond donors (Lipinski definition) is 0. The van der Waals surface area contributed by atoms with E-state index in [1.54, 1.807) is 16.4 Å². The van der Waals surface area contributed by atoms with Gasteiger partial charge < -0.3 is 4.57 Å². The van der Waals surface area contributed by atoms with E-state index >= 15 is 0 Å². The van der Waals surface area contributed by atoms with Crippen LogP contribution in [0.25, 0.3) is 5.69 Å². The number of tetrazole rings is 1. The fraction of sp³-hybridized carbons (Fsp3) is 0.286. The minimum Gasteiger partial charge on any atom is -0.323 e. The van der Waals surface area contributed by atoms with Gasteiger partial charge in [-0.05, 0) is 35.4 Å². The van der Waals surface area contributed by atoms with Crippen molar-refractivity contribution < 1.29 is 0 Å². The monoisotopic (exact) mass is 298 g/mol. The molecule has 2 heterocycles. The molecule has 6 nitrogen and oxygen atoms in total. The van der Waals surface area contributed by atoms with E-state index in [2.05, 4.69) is 31.3 Å². The first-order valence-corrected chi connectivity index (χ1v) is 7.89. The molecule has 2 aromatic heterocycles. The highest BCUT2D eigenvalue weighted by molar-refractivity contribution is 7.98. The van der Waals surface area contributed by atoms with Crippen molar-refractivity contribution in [1.29, 1.82) is 0 Å². The van der Waals surface area contributed by atoms with Crippen LogP contribution in [-0.2, 0) is 5.75 Å². The van der Waals surface area contributed by atoms with Crippen molar-refractivity contribution >= 4 is 11.8 Å². The van der Waals surface area contributed by atoms with Crippen molar-refractivity contribution in [3.8, 4) is 5.69 Å². The van der Waals surface area contributed by atoms with E-state index in [4.69, 9.17) is 0 Å².